The molecule has 0 aliphatic carbocycles. The molecule has 144 valence electrons. The maximum absolute atomic E-state index is 13.2. The Balaban J connectivity index is 1.67. The van der Waals surface area contributed by atoms with Crippen LogP contribution in [-0.4, -0.2) is 23.1 Å². The van der Waals surface area contributed by atoms with Crippen LogP contribution in [0.3, 0.4) is 0 Å². The maximum Gasteiger partial charge on any atom is 0.340 e. The topological polar surface area (TPSA) is 60.3 Å². The third-order valence-electron chi connectivity index (χ3n) is 4.20. The lowest BCUT2D eigenvalue weighted by atomic mass is 10.2. The molecule has 0 aliphatic rings. The number of rotatable bonds is 5. The summed E-state index contributed by atoms with van der Waals surface area (Å²) in [5.74, 6) is -3.40. The summed E-state index contributed by atoms with van der Waals surface area (Å²) in [5.41, 5.74) is 2.87. The standard InChI is InChI=1S/C21H18F2N2O3/c1-13-10-17(14(2)25(13)16-6-4-3-5-7-16)21(27)28-12-20(26)24-15-8-9-18(22)19(23)11-15/h3-11H,12H2,1-2H3,(H,24,26). The molecule has 1 aromatic heterocycles. The van der Waals surface area contributed by atoms with Crippen molar-refractivity contribution < 1.29 is 23.1 Å². The summed E-state index contributed by atoms with van der Waals surface area (Å²) in [6.45, 7) is 3.11. The van der Waals surface area contributed by atoms with E-state index in [1.165, 1.54) is 6.07 Å². The normalized spacial score (nSPS) is 10.6. The van der Waals surface area contributed by atoms with E-state index in [1.54, 1.807) is 13.0 Å². The van der Waals surface area contributed by atoms with Crippen molar-refractivity contribution in [1.29, 1.82) is 0 Å². The Morgan fingerprint density at radius 3 is 2.39 bits per heavy atom. The van der Waals surface area contributed by atoms with Crippen LogP contribution >= 0.6 is 0 Å². The molecule has 5 nitrogen and oxygen atoms in total. The molecule has 0 spiro atoms. The summed E-state index contributed by atoms with van der Waals surface area (Å²) in [6.07, 6.45) is 0. The number of anilines is 1. The molecule has 7 heteroatoms. The zero-order chi connectivity index (χ0) is 20.3. The van der Waals surface area contributed by atoms with Crippen molar-refractivity contribution >= 4 is 17.6 Å². The second kappa shape index (κ2) is 8.04. The molecular formula is C21H18F2N2O3. The van der Waals surface area contributed by atoms with Crippen molar-refractivity contribution in [2.75, 3.05) is 11.9 Å². The van der Waals surface area contributed by atoms with Crippen molar-refractivity contribution in [1.82, 2.24) is 4.57 Å². The highest BCUT2D eigenvalue weighted by Crippen LogP contribution is 2.21. The number of carbonyl (C=O) groups excluding carboxylic acids is 2. The number of nitrogens with zero attached hydrogens (tertiary/aromatic N) is 1. The molecule has 0 saturated heterocycles. The minimum atomic E-state index is -1.08. The number of aryl methyl sites for hydroxylation is 1. The van der Waals surface area contributed by atoms with Crippen LogP contribution in [0, 0.1) is 25.5 Å². The van der Waals surface area contributed by atoms with Gasteiger partial charge in [0.2, 0.25) is 0 Å². The van der Waals surface area contributed by atoms with Crippen LogP contribution in [0.15, 0.2) is 54.6 Å². The van der Waals surface area contributed by atoms with Gasteiger partial charge in [-0.05, 0) is 44.2 Å². The number of para-hydroxylation sites is 1. The van der Waals surface area contributed by atoms with Gasteiger partial charge in [0.25, 0.3) is 5.91 Å². The molecule has 3 rings (SSSR count). The van der Waals surface area contributed by atoms with Crippen molar-refractivity contribution in [3.05, 3.63) is 83.2 Å². The van der Waals surface area contributed by atoms with Gasteiger partial charge >= 0.3 is 5.97 Å². The summed E-state index contributed by atoms with van der Waals surface area (Å²) >= 11 is 0. The van der Waals surface area contributed by atoms with Crippen LogP contribution in [0.2, 0.25) is 0 Å². The van der Waals surface area contributed by atoms with E-state index in [2.05, 4.69) is 5.32 Å². The zero-order valence-electron chi connectivity index (χ0n) is 15.3. The molecule has 0 fully saturated rings. The van der Waals surface area contributed by atoms with Gasteiger partial charge in [0, 0.05) is 28.8 Å². The van der Waals surface area contributed by atoms with Crippen LogP contribution in [0.25, 0.3) is 5.69 Å². The molecule has 28 heavy (non-hydrogen) atoms. The third kappa shape index (κ3) is 4.09. The number of nitrogens with one attached hydrogen (secondary N) is 1. The summed E-state index contributed by atoms with van der Waals surface area (Å²) < 4.78 is 33.1. The Morgan fingerprint density at radius 1 is 1.00 bits per heavy atom. The van der Waals surface area contributed by atoms with Gasteiger partial charge < -0.3 is 14.6 Å². The zero-order valence-corrected chi connectivity index (χ0v) is 15.3. The Bertz CT molecular complexity index is 1030. The van der Waals surface area contributed by atoms with E-state index in [0.717, 1.165) is 23.5 Å². The van der Waals surface area contributed by atoms with Gasteiger partial charge in [-0.2, -0.15) is 0 Å². The van der Waals surface area contributed by atoms with E-state index >= 15 is 0 Å². The second-order valence-corrected chi connectivity index (χ2v) is 6.21. The molecule has 1 heterocycles. The lowest BCUT2D eigenvalue weighted by Gasteiger charge is -2.10. The van der Waals surface area contributed by atoms with E-state index in [0.29, 0.717) is 11.3 Å². The van der Waals surface area contributed by atoms with Crippen LogP contribution in [0.5, 0.6) is 0 Å². The number of carbonyl (C=O) groups is 2. The van der Waals surface area contributed by atoms with Gasteiger partial charge in [-0.25, -0.2) is 13.6 Å². The van der Waals surface area contributed by atoms with Crippen molar-refractivity contribution in [2.45, 2.75) is 13.8 Å². The maximum atomic E-state index is 13.2. The van der Waals surface area contributed by atoms with Gasteiger partial charge in [0.05, 0.1) is 5.56 Å². The molecule has 0 atom stereocenters. The first-order chi connectivity index (χ1) is 13.4. The van der Waals surface area contributed by atoms with E-state index in [-0.39, 0.29) is 5.69 Å². The number of aromatic nitrogens is 1. The van der Waals surface area contributed by atoms with Crippen LogP contribution < -0.4 is 5.32 Å². The van der Waals surface area contributed by atoms with E-state index in [1.807, 2.05) is 41.8 Å². The molecule has 0 saturated carbocycles. The highest BCUT2D eigenvalue weighted by Gasteiger charge is 2.19. The van der Waals surface area contributed by atoms with Gasteiger partial charge in [0.15, 0.2) is 18.2 Å². The van der Waals surface area contributed by atoms with Crippen molar-refractivity contribution in [3.8, 4) is 5.69 Å². The lowest BCUT2D eigenvalue weighted by molar-refractivity contribution is -0.119. The average molecular weight is 384 g/mol. The summed E-state index contributed by atoms with van der Waals surface area (Å²) in [6, 6.07) is 14.2. The summed E-state index contributed by atoms with van der Waals surface area (Å²) in [4.78, 5) is 24.3. The largest absolute Gasteiger partial charge is 0.452 e. The smallest absolute Gasteiger partial charge is 0.340 e. The number of halogens is 2. The number of hydrogen-bond donors (Lipinski definition) is 1. The summed E-state index contributed by atoms with van der Waals surface area (Å²) in [7, 11) is 0. The van der Waals surface area contributed by atoms with E-state index < -0.39 is 30.1 Å². The second-order valence-electron chi connectivity index (χ2n) is 6.21. The van der Waals surface area contributed by atoms with Crippen LogP contribution in [-0.2, 0) is 9.53 Å². The van der Waals surface area contributed by atoms with E-state index in [4.69, 9.17) is 4.74 Å². The first-order valence-corrected chi connectivity index (χ1v) is 8.53. The predicted molar refractivity (Wildman–Crippen MR) is 101 cm³/mol. The Labute approximate surface area is 160 Å². The number of benzene rings is 2. The monoisotopic (exact) mass is 384 g/mol. The van der Waals surface area contributed by atoms with Gasteiger partial charge in [-0.1, -0.05) is 18.2 Å². The number of hydrogen-bond acceptors (Lipinski definition) is 3. The van der Waals surface area contributed by atoms with Gasteiger partial charge in [-0.15, -0.1) is 0 Å². The molecule has 0 bridgehead atoms. The third-order valence-corrected chi connectivity index (χ3v) is 4.20. The van der Waals surface area contributed by atoms with Crippen LogP contribution in [0.1, 0.15) is 21.7 Å². The number of esters is 1. The molecule has 0 radical (unpaired) electrons. The minimum absolute atomic E-state index is 0.0715. The molecular weight excluding hydrogens is 366 g/mol. The Kier molecular flexibility index (Phi) is 5.54. The summed E-state index contributed by atoms with van der Waals surface area (Å²) in [5, 5.41) is 2.35. The Morgan fingerprint density at radius 2 is 1.71 bits per heavy atom. The fourth-order valence-electron chi connectivity index (χ4n) is 2.92. The molecule has 0 aliphatic heterocycles. The highest BCUT2D eigenvalue weighted by atomic mass is 19.2. The van der Waals surface area contributed by atoms with E-state index in [9.17, 15) is 18.4 Å². The average Bonchev–Trinajstić information content (AvgIpc) is 2.98. The number of ether oxygens (including phenoxy) is 1. The number of amides is 1. The fourth-order valence-corrected chi connectivity index (χ4v) is 2.92. The molecule has 1 amide bonds. The first kappa shape index (κ1) is 19.3. The van der Waals surface area contributed by atoms with Gasteiger partial charge in [-0.3, -0.25) is 4.79 Å². The molecule has 3 aromatic rings. The molecule has 2 aromatic carbocycles. The predicted octanol–water partition coefficient (Wildman–Crippen LogP) is 4.17. The first-order valence-electron chi connectivity index (χ1n) is 8.53. The fraction of sp³-hybridized carbons (Fsp3) is 0.143. The van der Waals surface area contributed by atoms with Gasteiger partial charge in [0.1, 0.15) is 0 Å². The minimum Gasteiger partial charge on any atom is -0.452 e. The van der Waals surface area contributed by atoms with Crippen molar-refractivity contribution in [3.63, 3.8) is 0 Å². The Hall–Kier alpha value is -3.48. The van der Waals surface area contributed by atoms with Crippen molar-refractivity contribution in [2.24, 2.45) is 0 Å². The lowest BCUT2D eigenvalue weighted by Crippen LogP contribution is -2.21. The molecule has 0 unspecified atom stereocenters. The highest BCUT2D eigenvalue weighted by molar-refractivity contribution is 5.96. The van der Waals surface area contributed by atoms with Crippen LogP contribution in [0.4, 0.5) is 14.5 Å². The quantitative estimate of drug-likeness (QED) is 0.672. The molecule has 1 N–H and O–H groups in total. The SMILES string of the molecule is Cc1cc(C(=O)OCC(=O)Nc2ccc(F)c(F)c2)c(C)n1-c1ccccc1.